The molecule has 0 saturated carbocycles. The summed E-state index contributed by atoms with van der Waals surface area (Å²) < 4.78 is 3.54. The van der Waals surface area contributed by atoms with Crippen LogP contribution in [0.1, 0.15) is 25.0 Å². The summed E-state index contributed by atoms with van der Waals surface area (Å²) in [5.41, 5.74) is 3.63. The molecule has 8 heteroatoms. The molecule has 0 saturated heterocycles. The molecule has 2 heterocycles. The Kier molecular flexibility index (Phi) is 6.61. The molecule has 0 N–H and O–H groups in total. The van der Waals surface area contributed by atoms with Gasteiger partial charge in [0, 0.05) is 12.2 Å². The molecule has 7 nitrogen and oxygen atoms in total. The molecule has 1 amide bonds. The molecule has 36 heavy (non-hydrogen) atoms. The van der Waals surface area contributed by atoms with E-state index in [1.807, 2.05) is 104 Å². The van der Waals surface area contributed by atoms with Crippen molar-refractivity contribution in [3.05, 3.63) is 100 Å². The number of anilines is 1. The minimum absolute atomic E-state index is 0.0114. The van der Waals surface area contributed by atoms with Gasteiger partial charge in [-0.3, -0.25) is 18.6 Å². The highest BCUT2D eigenvalue weighted by Crippen LogP contribution is 2.27. The number of fused-ring (bicyclic) bond motifs is 3. The Balaban J connectivity index is 1.56. The minimum Gasteiger partial charge on any atom is -0.312 e. The fourth-order valence-electron chi connectivity index (χ4n) is 4.33. The van der Waals surface area contributed by atoms with E-state index in [1.54, 1.807) is 9.47 Å². The number of aromatic nitrogens is 4. The number of rotatable bonds is 7. The Morgan fingerprint density at radius 2 is 1.67 bits per heavy atom. The van der Waals surface area contributed by atoms with E-state index in [1.165, 1.54) is 11.8 Å². The lowest BCUT2D eigenvalue weighted by molar-refractivity contribution is -0.117. The summed E-state index contributed by atoms with van der Waals surface area (Å²) in [7, 11) is 0. The van der Waals surface area contributed by atoms with Crippen molar-refractivity contribution in [1.82, 2.24) is 19.2 Å². The number of carbonyl (C=O) groups excluding carboxylic acids is 1. The zero-order chi connectivity index (χ0) is 25.2. The van der Waals surface area contributed by atoms with E-state index in [-0.39, 0.29) is 11.5 Å². The Hall–Kier alpha value is -3.91. The van der Waals surface area contributed by atoms with Gasteiger partial charge in [-0.1, -0.05) is 71.9 Å². The first-order valence-corrected chi connectivity index (χ1v) is 12.8. The lowest BCUT2D eigenvalue weighted by Crippen LogP contribution is -2.36. The highest BCUT2D eigenvalue weighted by molar-refractivity contribution is 8.00. The van der Waals surface area contributed by atoms with Crippen LogP contribution in [0.4, 0.5) is 5.69 Å². The van der Waals surface area contributed by atoms with Crippen molar-refractivity contribution in [1.29, 1.82) is 0 Å². The highest BCUT2D eigenvalue weighted by atomic mass is 32.2. The molecule has 0 aliphatic rings. The van der Waals surface area contributed by atoms with Crippen LogP contribution in [-0.2, 0) is 11.3 Å². The van der Waals surface area contributed by atoms with Crippen molar-refractivity contribution in [3.63, 3.8) is 0 Å². The third-order valence-corrected chi connectivity index (χ3v) is 7.25. The van der Waals surface area contributed by atoms with Crippen molar-refractivity contribution < 1.29 is 4.79 Å². The summed E-state index contributed by atoms with van der Waals surface area (Å²) in [4.78, 5) is 28.6. The molecule has 2 aromatic heterocycles. The Morgan fingerprint density at radius 3 is 2.39 bits per heavy atom. The molecule has 3 aromatic carbocycles. The zero-order valence-electron chi connectivity index (χ0n) is 20.5. The molecule has 5 aromatic rings. The number of hydrogen-bond acceptors (Lipinski definition) is 5. The predicted octanol–water partition coefficient (Wildman–Crippen LogP) is 4.93. The number of para-hydroxylation sites is 2. The van der Waals surface area contributed by atoms with Crippen LogP contribution in [0.2, 0.25) is 0 Å². The smallest absolute Gasteiger partial charge is 0.263 e. The standard InChI is InChI=1S/C28H27N5O2S/c1-4-31(22-10-6-5-7-11-22)25(34)20(3)36-28-30-29-27-32(18-21-16-14-19(2)15-17-21)26(35)23-12-8-9-13-24(23)33(27)28/h5-17,20H,4,18H2,1-3H3. The van der Waals surface area contributed by atoms with Crippen molar-refractivity contribution in [2.45, 2.75) is 37.7 Å². The van der Waals surface area contributed by atoms with Gasteiger partial charge < -0.3 is 4.90 Å². The maximum Gasteiger partial charge on any atom is 0.263 e. The van der Waals surface area contributed by atoms with E-state index in [2.05, 4.69) is 10.2 Å². The van der Waals surface area contributed by atoms with Gasteiger partial charge in [-0.25, -0.2) is 0 Å². The van der Waals surface area contributed by atoms with E-state index < -0.39 is 5.25 Å². The van der Waals surface area contributed by atoms with Crippen LogP contribution in [0.3, 0.4) is 0 Å². The molecule has 1 atom stereocenters. The second-order valence-corrected chi connectivity index (χ2v) is 10.00. The molecule has 182 valence electrons. The number of nitrogens with zero attached hydrogens (tertiary/aromatic N) is 5. The second-order valence-electron chi connectivity index (χ2n) is 8.69. The second kappa shape index (κ2) is 9.99. The maximum atomic E-state index is 13.5. The predicted molar refractivity (Wildman–Crippen MR) is 145 cm³/mol. The van der Waals surface area contributed by atoms with Crippen molar-refractivity contribution in [3.8, 4) is 0 Å². The first-order valence-electron chi connectivity index (χ1n) is 11.9. The quantitative estimate of drug-likeness (QED) is 0.298. The van der Waals surface area contributed by atoms with Gasteiger partial charge >= 0.3 is 0 Å². The molecular formula is C28H27N5O2S. The summed E-state index contributed by atoms with van der Waals surface area (Å²) >= 11 is 1.35. The largest absolute Gasteiger partial charge is 0.312 e. The SMILES string of the molecule is CCN(C(=O)C(C)Sc1nnc2n(Cc3ccc(C)cc3)c(=O)c3ccccc3n12)c1ccccc1. The molecule has 1 unspecified atom stereocenters. The van der Waals surface area contributed by atoms with E-state index >= 15 is 0 Å². The first kappa shape index (κ1) is 23.8. The fraction of sp³-hybridized carbons (Fsp3) is 0.214. The van der Waals surface area contributed by atoms with Gasteiger partial charge in [0.15, 0.2) is 5.16 Å². The summed E-state index contributed by atoms with van der Waals surface area (Å²) in [6.45, 7) is 6.82. The third kappa shape index (κ3) is 4.40. The molecule has 0 aliphatic heterocycles. The third-order valence-electron chi connectivity index (χ3n) is 6.22. The molecule has 0 aliphatic carbocycles. The van der Waals surface area contributed by atoms with Crippen LogP contribution in [-0.4, -0.2) is 36.9 Å². The highest BCUT2D eigenvalue weighted by Gasteiger charge is 2.25. The van der Waals surface area contributed by atoms with Gasteiger partial charge in [-0.2, -0.15) is 0 Å². The van der Waals surface area contributed by atoms with Crippen LogP contribution < -0.4 is 10.5 Å². The van der Waals surface area contributed by atoms with Crippen molar-refractivity contribution in [2.24, 2.45) is 0 Å². The normalized spacial score (nSPS) is 12.2. The van der Waals surface area contributed by atoms with E-state index in [0.717, 1.165) is 22.3 Å². The number of aryl methyl sites for hydroxylation is 1. The summed E-state index contributed by atoms with van der Waals surface area (Å²) in [6.07, 6.45) is 0. The van der Waals surface area contributed by atoms with Gasteiger partial charge in [0.25, 0.3) is 5.56 Å². The lowest BCUT2D eigenvalue weighted by atomic mass is 10.1. The number of benzene rings is 3. The topological polar surface area (TPSA) is 72.5 Å². The summed E-state index contributed by atoms with van der Waals surface area (Å²) in [6, 6.07) is 25.2. The number of hydrogen-bond donors (Lipinski definition) is 0. The molecule has 5 rings (SSSR count). The zero-order valence-corrected chi connectivity index (χ0v) is 21.3. The molecule has 0 fully saturated rings. The van der Waals surface area contributed by atoms with Crippen LogP contribution in [0.15, 0.2) is 88.8 Å². The van der Waals surface area contributed by atoms with Gasteiger partial charge in [0.2, 0.25) is 11.7 Å². The number of thioether (sulfide) groups is 1. The van der Waals surface area contributed by atoms with Crippen LogP contribution >= 0.6 is 11.8 Å². The summed E-state index contributed by atoms with van der Waals surface area (Å²) in [5.74, 6) is 0.444. The van der Waals surface area contributed by atoms with E-state index in [9.17, 15) is 9.59 Å². The lowest BCUT2D eigenvalue weighted by Gasteiger charge is -2.24. The minimum atomic E-state index is -0.409. The molecule has 0 bridgehead atoms. The average Bonchev–Trinajstić information content (AvgIpc) is 3.32. The Bertz CT molecular complexity index is 1590. The van der Waals surface area contributed by atoms with Crippen LogP contribution in [0.25, 0.3) is 16.7 Å². The fourth-order valence-corrected chi connectivity index (χ4v) is 5.25. The van der Waals surface area contributed by atoms with Gasteiger partial charge in [-0.15, -0.1) is 10.2 Å². The van der Waals surface area contributed by atoms with Gasteiger partial charge in [0.05, 0.1) is 22.7 Å². The molecular weight excluding hydrogens is 470 g/mol. The Morgan fingerprint density at radius 1 is 0.972 bits per heavy atom. The number of amides is 1. The van der Waals surface area contributed by atoms with Crippen LogP contribution in [0.5, 0.6) is 0 Å². The van der Waals surface area contributed by atoms with Gasteiger partial charge in [-0.05, 0) is 50.6 Å². The maximum absolute atomic E-state index is 13.5. The van der Waals surface area contributed by atoms with Crippen molar-refractivity contribution >= 4 is 40.0 Å². The van der Waals surface area contributed by atoms with E-state index in [4.69, 9.17) is 0 Å². The van der Waals surface area contributed by atoms with Gasteiger partial charge in [0.1, 0.15) is 0 Å². The number of carbonyl (C=O) groups is 1. The van der Waals surface area contributed by atoms with Crippen molar-refractivity contribution in [2.75, 3.05) is 11.4 Å². The molecule has 0 radical (unpaired) electrons. The van der Waals surface area contributed by atoms with Crippen LogP contribution in [0, 0.1) is 6.92 Å². The Labute approximate surface area is 213 Å². The summed E-state index contributed by atoms with van der Waals surface area (Å²) in [5, 5.41) is 9.58. The monoisotopic (exact) mass is 497 g/mol. The first-order chi connectivity index (χ1) is 17.5. The van der Waals surface area contributed by atoms with E-state index in [0.29, 0.717) is 29.4 Å². The average molecular weight is 498 g/mol. The molecule has 0 spiro atoms.